The fourth-order valence-corrected chi connectivity index (χ4v) is 1.53. The van der Waals surface area contributed by atoms with E-state index < -0.39 is 0 Å². The molecule has 0 saturated heterocycles. The molecule has 78 valence electrons. The maximum absolute atomic E-state index is 5.40. The molecule has 0 saturated carbocycles. The van der Waals surface area contributed by atoms with E-state index in [1.165, 1.54) is 6.39 Å². The van der Waals surface area contributed by atoms with Gasteiger partial charge in [0, 0.05) is 18.0 Å². The van der Waals surface area contributed by atoms with Crippen molar-refractivity contribution < 1.29 is 4.42 Å². The van der Waals surface area contributed by atoms with Gasteiger partial charge in [-0.1, -0.05) is 13.8 Å². The lowest BCUT2D eigenvalue weighted by molar-refractivity contribution is 0.567. The second-order valence-electron chi connectivity index (χ2n) is 3.97. The predicted molar refractivity (Wildman–Crippen MR) is 58.3 cm³/mol. The summed E-state index contributed by atoms with van der Waals surface area (Å²) in [6, 6.07) is 3.88. The molecule has 2 rings (SSSR count). The first-order chi connectivity index (χ1) is 7.27. The third-order valence-electron chi connectivity index (χ3n) is 2.17. The van der Waals surface area contributed by atoms with Crippen LogP contribution < -0.4 is 0 Å². The first-order valence-electron chi connectivity index (χ1n) is 5.10. The Hall–Kier alpha value is -1.64. The van der Waals surface area contributed by atoms with Crippen LogP contribution in [0.5, 0.6) is 0 Å². The highest BCUT2D eigenvalue weighted by atomic mass is 16.3. The van der Waals surface area contributed by atoms with E-state index in [9.17, 15) is 0 Å². The standard InChI is InChI=1S/C12H14N2O/c1-9(2)6-11-12(15-8-14-11)10-4-3-5-13-7-10/h3-5,7-9H,6H2,1-2H3. The monoisotopic (exact) mass is 202 g/mol. The summed E-state index contributed by atoms with van der Waals surface area (Å²) in [5.74, 6) is 1.42. The van der Waals surface area contributed by atoms with Crippen LogP contribution in [-0.4, -0.2) is 9.97 Å². The molecule has 3 nitrogen and oxygen atoms in total. The highest BCUT2D eigenvalue weighted by Gasteiger charge is 2.11. The molecule has 0 aliphatic carbocycles. The van der Waals surface area contributed by atoms with Gasteiger partial charge in [0.2, 0.25) is 0 Å². The van der Waals surface area contributed by atoms with Crippen LogP contribution in [0.25, 0.3) is 11.3 Å². The highest BCUT2D eigenvalue weighted by molar-refractivity contribution is 5.58. The molecule has 0 aliphatic heterocycles. The van der Waals surface area contributed by atoms with E-state index in [1.54, 1.807) is 12.4 Å². The first kappa shape index (κ1) is 9.90. The van der Waals surface area contributed by atoms with Gasteiger partial charge in [-0.05, 0) is 24.5 Å². The van der Waals surface area contributed by atoms with Crippen LogP contribution in [0.3, 0.4) is 0 Å². The van der Waals surface area contributed by atoms with Gasteiger partial charge in [-0.15, -0.1) is 0 Å². The average Bonchev–Trinajstić information content (AvgIpc) is 2.66. The molecule has 0 spiro atoms. The summed E-state index contributed by atoms with van der Waals surface area (Å²) in [4.78, 5) is 8.31. The van der Waals surface area contributed by atoms with E-state index in [0.717, 1.165) is 23.4 Å². The highest BCUT2D eigenvalue weighted by Crippen LogP contribution is 2.23. The number of hydrogen-bond donors (Lipinski definition) is 0. The van der Waals surface area contributed by atoms with Crippen LogP contribution in [0.1, 0.15) is 19.5 Å². The lowest BCUT2D eigenvalue weighted by atomic mass is 10.0. The molecule has 0 unspecified atom stereocenters. The third kappa shape index (κ3) is 2.24. The Labute approximate surface area is 89.2 Å². The number of rotatable bonds is 3. The zero-order valence-corrected chi connectivity index (χ0v) is 8.97. The number of nitrogens with zero attached hydrogens (tertiary/aromatic N) is 2. The zero-order chi connectivity index (χ0) is 10.7. The van der Waals surface area contributed by atoms with E-state index in [1.807, 2.05) is 12.1 Å². The molecular weight excluding hydrogens is 188 g/mol. The van der Waals surface area contributed by atoms with Gasteiger partial charge in [0.15, 0.2) is 12.2 Å². The minimum absolute atomic E-state index is 0.575. The molecular formula is C12H14N2O. The summed E-state index contributed by atoms with van der Waals surface area (Å²) >= 11 is 0. The van der Waals surface area contributed by atoms with Crippen molar-refractivity contribution in [1.29, 1.82) is 0 Å². The second-order valence-corrected chi connectivity index (χ2v) is 3.97. The van der Waals surface area contributed by atoms with Crippen molar-refractivity contribution in [3.63, 3.8) is 0 Å². The Bertz CT molecular complexity index is 420. The molecule has 0 radical (unpaired) electrons. The molecule has 0 bridgehead atoms. The summed E-state index contributed by atoms with van der Waals surface area (Å²) in [7, 11) is 0. The van der Waals surface area contributed by atoms with Gasteiger partial charge in [0.25, 0.3) is 0 Å². The average molecular weight is 202 g/mol. The van der Waals surface area contributed by atoms with Crippen LogP contribution in [0.15, 0.2) is 35.3 Å². The van der Waals surface area contributed by atoms with Crippen LogP contribution in [0.4, 0.5) is 0 Å². The van der Waals surface area contributed by atoms with Crippen LogP contribution in [0, 0.1) is 5.92 Å². The van der Waals surface area contributed by atoms with Crippen molar-refractivity contribution in [2.45, 2.75) is 20.3 Å². The number of oxazole rings is 1. The molecule has 2 heterocycles. The number of pyridine rings is 1. The van der Waals surface area contributed by atoms with Crippen molar-refractivity contribution >= 4 is 0 Å². The molecule has 0 aliphatic rings. The summed E-state index contributed by atoms with van der Waals surface area (Å²) in [6.45, 7) is 4.34. The van der Waals surface area contributed by atoms with Gasteiger partial charge in [0.1, 0.15) is 0 Å². The fraction of sp³-hybridized carbons (Fsp3) is 0.333. The third-order valence-corrected chi connectivity index (χ3v) is 2.17. The fourth-order valence-electron chi connectivity index (χ4n) is 1.53. The maximum atomic E-state index is 5.40. The normalized spacial score (nSPS) is 10.9. The van der Waals surface area contributed by atoms with Crippen molar-refractivity contribution in [2.75, 3.05) is 0 Å². The lowest BCUT2D eigenvalue weighted by Gasteiger charge is -2.03. The maximum Gasteiger partial charge on any atom is 0.181 e. The molecule has 3 heteroatoms. The van der Waals surface area contributed by atoms with Crippen molar-refractivity contribution in [1.82, 2.24) is 9.97 Å². The van der Waals surface area contributed by atoms with Gasteiger partial charge in [-0.2, -0.15) is 0 Å². The van der Waals surface area contributed by atoms with E-state index in [2.05, 4.69) is 23.8 Å². The number of hydrogen-bond acceptors (Lipinski definition) is 3. The summed E-state index contributed by atoms with van der Waals surface area (Å²) in [5.41, 5.74) is 2.00. The second kappa shape index (κ2) is 4.26. The van der Waals surface area contributed by atoms with Gasteiger partial charge in [-0.25, -0.2) is 4.98 Å². The minimum Gasteiger partial charge on any atom is -0.443 e. The van der Waals surface area contributed by atoms with Crippen molar-refractivity contribution in [3.05, 3.63) is 36.6 Å². The molecule has 2 aromatic rings. The van der Waals surface area contributed by atoms with E-state index in [-0.39, 0.29) is 0 Å². The van der Waals surface area contributed by atoms with Crippen molar-refractivity contribution in [2.24, 2.45) is 5.92 Å². The molecule has 0 atom stereocenters. The minimum atomic E-state index is 0.575. The smallest absolute Gasteiger partial charge is 0.181 e. The predicted octanol–water partition coefficient (Wildman–Crippen LogP) is 2.94. The van der Waals surface area contributed by atoms with Crippen molar-refractivity contribution in [3.8, 4) is 11.3 Å². The van der Waals surface area contributed by atoms with E-state index in [0.29, 0.717) is 5.92 Å². The number of aromatic nitrogens is 2. The molecule has 15 heavy (non-hydrogen) atoms. The summed E-state index contributed by atoms with van der Waals surface area (Å²) in [6.07, 6.45) is 5.98. The first-order valence-corrected chi connectivity index (χ1v) is 5.10. The molecule has 0 amide bonds. The van der Waals surface area contributed by atoms with E-state index >= 15 is 0 Å². The quantitative estimate of drug-likeness (QED) is 0.768. The van der Waals surface area contributed by atoms with Crippen LogP contribution in [0.2, 0.25) is 0 Å². The molecule has 0 aromatic carbocycles. The Morgan fingerprint density at radius 2 is 2.27 bits per heavy atom. The van der Waals surface area contributed by atoms with Crippen LogP contribution >= 0.6 is 0 Å². The topological polar surface area (TPSA) is 38.9 Å². The van der Waals surface area contributed by atoms with Gasteiger partial charge in [-0.3, -0.25) is 4.98 Å². The van der Waals surface area contributed by atoms with E-state index in [4.69, 9.17) is 4.42 Å². The SMILES string of the molecule is CC(C)Cc1ncoc1-c1cccnc1. The van der Waals surface area contributed by atoms with Gasteiger partial charge < -0.3 is 4.42 Å². The van der Waals surface area contributed by atoms with Gasteiger partial charge >= 0.3 is 0 Å². The Kier molecular flexibility index (Phi) is 2.81. The summed E-state index contributed by atoms with van der Waals surface area (Å²) in [5, 5.41) is 0. The van der Waals surface area contributed by atoms with Gasteiger partial charge in [0.05, 0.1) is 5.69 Å². The lowest BCUT2D eigenvalue weighted by Crippen LogP contribution is -1.96. The van der Waals surface area contributed by atoms with Crippen LogP contribution in [-0.2, 0) is 6.42 Å². The molecule has 0 N–H and O–H groups in total. The Morgan fingerprint density at radius 1 is 1.40 bits per heavy atom. The molecule has 0 fully saturated rings. The summed E-state index contributed by atoms with van der Waals surface area (Å²) < 4.78 is 5.40. The molecule has 2 aromatic heterocycles. The largest absolute Gasteiger partial charge is 0.443 e. The Morgan fingerprint density at radius 3 is 2.93 bits per heavy atom. The Balaban J connectivity index is 2.33. The zero-order valence-electron chi connectivity index (χ0n) is 8.97.